The fourth-order valence-electron chi connectivity index (χ4n) is 2.25. The van der Waals surface area contributed by atoms with Gasteiger partial charge in [0.05, 0.1) is 12.7 Å². The number of para-hydroxylation sites is 1. The van der Waals surface area contributed by atoms with E-state index >= 15 is 0 Å². The van der Waals surface area contributed by atoms with Gasteiger partial charge in [0, 0.05) is 25.4 Å². The minimum absolute atomic E-state index is 0.307. The summed E-state index contributed by atoms with van der Waals surface area (Å²) in [4.78, 5) is 0. The van der Waals surface area contributed by atoms with Gasteiger partial charge in [0.25, 0.3) is 0 Å². The topological polar surface area (TPSA) is 42.5 Å². The molecule has 2 rings (SSSR count). The van der Waals surface area contributed by atoms with Crippen molar-refractivity contribution in [1.82, 2.24) is 5.32 Å². The molecule has 1 aliphatic heterocycles. The van der Waals surface area contributed by atoms with Crippen LogP contribution in [0.4, 0.5) is 5.69 Å². The van der Waals surface area contributed by atoms with Crippen LogP contribution in [-0.4, -0.2) is 37.6 Å². The summed E-state index contributed by atoms with van der Waals surface area (Å²) in [5.41, 5.74) is 2.23. The molecule has 1 fully saturated rings. The van der Waals surface area contributed by atoms with Crippen LogP contribution in [0.1, 0.15) is 24.8 Å². The highest BCUT2D eigenvalue weighted by atomic mass is 32.1. The summed E-state index contributed by atoms with van der Waals surface area (Å²) in [5, 5.41) is 7.06. The van der Waals surface area contributed by atoms with Gasteiger partial charge in [0.1, 0.15) is 0 Å². The quantitative estimate of drug-likeness (QED) is 0.599. The maximum Gasteiger partial charge on any atom is 0.170 e. The van der Waals surface area contributed by atoms with Crippen molar-refractivity contribution in [2.24, 2.45) is 0 Å². The molecule has 0 aliphatic carbocycles. The van der Waals surface area contributed by atoms with E-state index in [4.69, 9.17) is 21.7 Å². The Balaban J connectivity index is 1.52. The lowest BCUT2D eigenvalue weighted by Crippen LogP contribution is -2.30. The van der Waals surface area contributed by atoms with Gasteiger partial charge >= 0.3 is 0 Å². The Morgan fingerprint density at radius 3 is 3.05 bits per heavy atom. The lowest BCUT2D eigenvalue weighted by Gasteiger charge is -2.13. The molecule has 1 aromatic carbocycles. The Bertz CT molecular complexity index is 448. The fourth-order valence-corrected chi connectivity index (χ4v) is 2.46. The van der Waals surface area contributed by atoms with Crippen molar-refractivity contribution >= 4 is 23.0 Å². The summed E-state index contributed by atoms with van der Waals surface area (Å²) < 4.78 is 11.1. The largest absolute Gasteiger partial charge is 0.379 e. The van der Waals surface area contributed by atoms with Crippen LogP contribution < -0.4 is 10.6 Å². The first-order valence-electron chi connectivity index (χ1n) is 7.55. The van der Waals surface area contributed by atoms with Crippen molar-refractivity contribution in [1.29, 1.82) is 0 Å². The lowest BCUT2D eigenvalue weighted by molar-refractivity contribution is 0.0168. The average molecular weight is 308 g/mol. The fraction of sp³-hybridized carbons (Fsp3) is 0.562. The molecule has 1 aliphatic rings. The number of benzene rings is 1. The zero-order valence-electron chi connectivity index (χ0n) is 12.6. The molecule has 0 saturated carbocycles. The molecule has 0 spiro atoms. The van der Waals surface area contributed by atoms with Gasteiger partial charge in [-0.3, -0.25) is 0 Å². The van der Waals surface area contributed by atoms with Crippen molar-refractivity contribution in [2.75, 3.05) is 31.7 Å². The van der Waals surface area contributed by atoms with Gasteiger partial charge in [0.15, 0.2) is 5.11 Å². The highest BCUT2D eigenvalue weighted by Gasteiger charge is 2.14. The molecule has 5 heteroatoms. The number of nitrogens with one attached hydrogen (secondary N) is 2. The van der Waals surface area contributed by atoms with Gasteiger partial charge in [-0.25, -0.2) is 0 Å². The zero-order chi connectivity index (χ0) is 14.9. The summed E-state index contributed by atoms with van der Waals surface area (Å²) in [6, 6.07) is 8.09. The number of hydrogen-bond donors (Lipinski definition) is 2. The molecule has 21 heavy (non-hydrogen) atoms. The number of ether oxygens (including phenoxy) is 2. The van der Waals surface area contributed by atoms with Crippen molar-refractivity contribution in [2.45, 2.75) is 32.3 Å². The second-order valence-corrected chi connectivity index (χ2v) is 5.67. The predicted octanol–water partition coefficient (Wildman–Crippen LogP) is 2.87. The van der Waals surface area contributed by atoms with Gasteiger partial charge in [-0.2, -0.15) is 0 Å². The first-order chi connectivity index (χ1) is 10.3. The minimum atomic E-state index is 0.307. The number of aryl methyl sites for hydroxylation is 1. The number of thiocarbonyl (C=S) groups is 1. The Hall–Kier alpha value is -1.17. The van der Waals surface area contributed by atoms with E-state index in [9.17, 15) is 0 Å². The van der Waals surface area contributed by atoms with Crippen LogP contribution in [0.3, 0.4) is 0 Å². The van der Waals surface area contributed by atoms with Gasteiger partial charge in [-0.15, -0.1) is 0 Å². The Kier molecular flexibility index (Phi) is 6.92. The van der Waals surface area contributed by atoms with E-state index in [0.717, 1.165) is 44.7 Å². The number of hydrogen-bond acceptors (Lipinski definition) is 3. The smallest absolute Gasteiger partial charge is 0.170 e. The molecule has 1 saturated heterocycles. The molecule has 1 heterocycles. The van der Waals surface area contributed by atoms with Crippen LogP contribution in [0.15, 0.2) is 24.3 Å². The third-order valence-corrected chi connectivity index (χ3v) is 3.72. The SMILES string of the molecule is Cc1ccccc1NC(=S)NCCCOC[C@H]1CCCO1. The highest BCUT2D eigenvalue weighted by Crippen LogP contribution is 2.13. The van der Waals surface area contributed by atoms with Crippen LogP contribution in [0.2, 0.25) is 0 Å². The van der Waals surface area contributed by atoms with Gasteiger partial charge < -0.3 is 20.1 Å². The maximum absolute atomic E-state index is 5.61. The van der Waals surface area contributed by atoms with Crippen LogP contribution in [0.5, 0.6) is 0 Å². The number of anilines is 1. The summed E-state index contributed by atoms with van der Waals surface area (Å²) in [7, 11) is 0. The molecule has 1 atom stereocenters. The molecule has 0 unspecified atom stereocenters. The second kappa shape index (κ2) is 8.97. The molecule has 2 N–H and O–H groups in total. The molecule has 1 aromatic rings. The summed E-state index contributed by atoms with van der Waals surface area (Å²) in [6.45, 7) is 5.20. The van der Waals surface area contributed by atoms with Gasteiger partial charge in [-0.05, 0) is 50.0 Å². The zero-order valence-corrected chi connectivity index (χ0v) is 13.4. The van der Waals surface area contributed by atoms with Crippen molar-refractivity contribution in [3.8, 4) is 0 Å². The molecule has 0 amide bonds. The molecular weight excluding hydrogens is 284 g/mol. The van der Waals surface area contributed by atoms with E-state index in [1.165, 1.54) is 5.56 Å². The molecule has 0 radical (unpaired) electrons. The number of rotatable bonds is 7. The molecule has 0 bridgehead atoms. The first kappa shape index (κ1) is 16.2. The molecule has 0 aromatic heterocycles. The average Bonchev–Trinajstić information content (AvgIpc) is 2.98. The third-order valence-electron chi connectivity index (χ3n) is 3.47. The van der Waals surface area contributed by atoms with E-state index in [1.807, 2.05) is 18.2 Å². The Morgan fingerprint density at radius 1 is 1.43 bits per heavy atom. The van der Waals surface area contributed by atoms with Crippen LogP contribution in [0, 0.1) is 6.92 Å². The summed E-state index contributed by atoms with van der Waals surface area (Å²) >= 11 is 5.28. The summed E-state index contributed by atoms with van der Waals surface area (Å²) in [6.07, 6.45) is 3.53. The first-order valence-corrected chi connectivity index (χ1v) is 7.96. The third kappa shape index (κ3) is 5.99. The van der Waals surface area contributed by atoms with Crippen LogP contribution in [-0.2, 0) is 9.47 Å². The maximum atomic E-state index is 5.61. The predicted molar refractivity (Wildman–Crippen MR) is 89.8 cm³/mol. The van der Waals surface area contributed by atoms with E-state index < -0.39 is 0 Å². The van der Waals surface area contributed by atoms with Crippen molar-refractivity contribution in [3.05, 3.63) is 29.8 Å². The summed E-state index contributed by atoms with van der Waals surface area (Å²) in [5.74, 6) is 0. The Labute approximate surface area is 132 Å². The highest BCUT2D eigenvalue weighted by molar-refractivity contribution is 7.80. The Morgan fingerprint density at radius 2 is 2.29 bits per heavy atom. The normalized spacial score (nSPS) is 17.7. The second-order valence-electron chi connectivity index (χ2n) is 5.26. The van der Waals surface area contributed by atoms with E-state index in [1.54, 1.807) is 0 Å². The van der Waals surface area contributed by atoms with E-state index in [0.29, 0.717) is 17.8 Å². The molecule has 116 valence electrons. The van der Waals surface area contributed by atoms with E-state index in [2.05, 4.69) is 23.6 Å². The van der Waals surface area contributed by atoms with Crippen molar-refractivity contribution in [3.63, 3.8) is 0 Å². The van der Waals surface area contributed by atoms with Crippen LogP contribution in [0.25, 0.3) is 0 Å². The van der Waals surface area contributed by atoms with Gasteiger partial charge in [0.2, 0.25) is 0 Å². The standard InChI is InChI=1S/C16H24N2O2S/c1-13-6-2-3-8-15(13)18-16(21)17-9-5-10-19-12-14-7-4-11-20-14/h2-3,6,8,14H,4-5,7,9-12H2,1H3,(H2,17,18,21)/t14-/m1/s1. The van der Waals surface area contributed by atoms with Gasteiger partial charge in [-0.1, -0.05) is 18.2 Å². The van der Waals surface area contributed by atoms with E-state index in [-0.39, 0.29) is 0 Å². The minimum Gasteiger partial charge on any atom is -0.379 e. The molecule has 4 nitrogen and oxygen atoms in total. The molecular formula is C16H24N2O2S. The van der Waals surface area contributed by atoms with Crippen LogP contribution >= 0.6 is 12.2 Å². The monoisotopic (exact) mass is 308 g/mol. The lowest BCUT2D eigenvalue weighted by atomic mass is 10.2. The van der Waals surface area contributed by atoms with Crippen molar-refractivity contribution < 1.29 is 9.47 Å².